The normalized spacial score (nSPS) is 9.75. The monoisotopic (exact) mass is 320 g/mol. The highest BCUT2D eigenvalue weighted by atomic mass is 19.1. The topological polar surface area (TPSA) is 56.8 Å². The van der Waals surface area contributed by atoms with Crippen LogP contribution in [0.25, 0.3) is 6.08 Å². The zero-order valence-electron chi connectivity index (χ0n) is 13.9. The van der Waals surface area contributed by atoms with Crippen LogP contribution in [0.5, 0.6) is 5.75 Å². The first-order valence-corrected chi connectivity index (χ1v) is 7.46. The third kappa shape index (κ3) is 3.80. The van der Waals surface area contributed by atoms with Crippen molar-refractivity contribution < 1.29 is 9.13 Å². The highest BCUT2D eigenvalue weighted by Crippen LogP contribution is 2.26. The molecule has 0 bridgehead atoms. The summed E-state index contributed by atoms with van der Waals surface area (Å²) in [4.78, 5) is 0. The van der Waals surface area contributed by atoms with Crippen molar-refractivity contribution in [3.8, 4) is 17.9 Å². The van der Waals surface area contributed by atoms with Gasteiger partial charge in [0.2, 0.25) is 0 Å². The van der Waals surface area contributed by atoms with E-state index in [-0.39, 0.29) is 11.4 Å². The number of hydrogen-bond donors (Lipinski definition) is 0. The average Bonchev–Trinajstić information content (AvgIpc) is 2.56. The fraction of sp³-hybridized carbons (Fsp3) is 0.200. The maximum atomic E-state index is 12.9. The summed E-state index contributed by atoms with van der Waals surface area (Å²) in [6.07, 6.45) is 1.60. The van der Waals surface area contributed by atoms with Gasteiger partial charge in [0.1, 0.15) is 35.9 Å². The smallest absolute Gasteiger partial charge is 0.130 e. The van der Waals surface area contributed by atoms with Gasteiger partial charge in [-0.1, -0.05) is 6.07 Å². The molecule has 0 aliphatic rings. The molecule has 24 heavy (non-hydrogen) atoms. The van der Waals surface area contributed by atoms with Gasteiger partial charge in [-0.05, 0) is 78.9 Å². The van der Waals surface area contributed by atoms with E-state index in [1.165, 1.54) is 12.1 Å². The molecule has 0 aliphatic heterocycles. The van der Waals surface area contributed by atoms with E-state index < -0.39 is 0 Å². The summed E-state index contributed by atoms with van der Waals surface area (Å²) in [6, 6.07) is 11.6. The lowest BCUT2D eigenvalue weighted by molar-refractivity contribution is 0.304. The number of halogens is 1. The second kappa shape index (κ2) is 7.44. The molecule has 0 spiro atoms. The summed E-state index contributed by atoms with van der Waals surface area (Å²) >= 11 is 0. The van der Waals surface area contributed by atoms with Gasteiger partial charge in [-0.15, -0.1) is 0 Å². The Morgan fingerprint density at radius 1 is 1.08 bits per heavy atom. The van der Waals surface area contributed by atoms with E-state index in [0.29, 0.717) is 12.4 Å². The first-order valence-electron chi connectivity index (χ1n) is 7.46. The van der Waals surface area contributed by atoms with Crippen molar-refractivity contribution in [3.05, 3.63) is 69.5 Å². The van der Waals surface area contributed by atoms with Crippen LogP contribution in [-0.2, 0) is 6.61 Å². The summed E-state index contributed by atoms with van der Waals surface area (Å²) < 4.78 is 18.7. The second-order valence-electron chi connectivity index (χ2n) is 5.55. The lowest BCUT2D eigenvalue weighted by atomic mass is 9.92. The van der Waals surface area contributed by atoms with Crippen molar-refractivity contribution >= 4 is 6.08 Å². The van der Waals surface area contributed by atoms with Crippen LogP contribution in [-0.4, -0.2) is 0 Å². The Morgan fingerprint density at radius 2 is 1.71 bits per heavy atom. The van der Waals surface area contributed by atoms with Crippen molar-refractivity contribution in [2.24, 2.45) is 0 Å². The molecule has 0 fully saturated rings. The minimum atomic E-state index is -0.307. The molecule has 0 aromatic heterocycles. The minimum Gasteiger partial charge on any atom is -0.489 e. The van der Waals surface area contributed by atoms with Crippen LogP contribution in [0.15, 0.2) is 35.9 Å². The van der Waals surface area contributed by atoms with E-state index in [1.54, 1.807) is 18.2 Å². The highest BCUT2D eigenvalue weighted by Gasteiger charge is 2.11. The highest BCUT2D eigenvalue weighted by molar-refractivity contribution is 5.68. The van der Waals surface area contributed by atoms with Crippen LogP contribution in [0.2, 0.25) is 0 Å². The Bertz CT molecular complexity index is 852. The molecule has 2 aromatic carbocycles. The van der Waals surface area contributed by atoms with E-state index in [2.05, 4.69) is 0 Å². The van der Waals surface area contributed by atoms with E-state index >= 15 is 0 Å². The molecule has 0 atom stereocenters. The number of rotatable bonds is 4. The van der Waals surface area contributed by atoms with Gasteiger partial charge in [0.15, 0.2) is 0 Å². The molecule has 0 amide bonds. The standard InChI is InChI=1S/C20H17FN2O/c1-13-8-14(2)20(12-24-18-6-4-17(21)5-7-18)15(3)19(13)9-16(10-22)11-23/h4-9H,12H2,1-3H3. The third-order valence-corrected chi connectivity index (χ3v) is 3.92. The zero-order chi connectivity index (χ0) is 17.7. The average molecular weight is 320 g/mol. The molecular formula is C20H17FN2O. The van der Waals surface area contributed by atoms with Gasteiger partial charge >= 0.3 is 0 Å². The quantitative estimate of drug-likeness (QED) is 0.763. The first kappa shape index (κ1) is 17.2. The Hall–Kier alpha value is -3.11. The van der Waals surface area contributed by atoms with Gasteiger partial charge in [0.25, 0.3) is 0 Å². The van der Waals surface area contributed by atoms with Gasteiger partial charge in [0, 0.05) is 0 Å². The number of nitriles is 2. The van der Waals surface area contributed by atoms with E-state index in [4.69, 9.17) is 15.3 Å². The molecule has 0 saturated heterocycles. The molecule has 0 radical (unpaired) electrons. The number of benzene rings is 2. The van der Waals surface area contributed by atoms with Gasteiger partial charge in [-0.2, -0.15) is 10.5 Å². The zero-order valence-corrected chi connectivity index (χ0v) is 13.9. The Kier molecular flexibility index (Phi) is 5.35. The lowest BCUT2D eigenvalue weighted by Gasteiger charge is -2.16. The van der Waals surface area contributed by atoms with Crippen molar-refractivity contribution in [1.82, 2.24) is 0 Å². The van der Waals surface area contributed by atoms with Crippen LogP contribution in [0.3, 0.4) is 0 Å². The van der Waals surface area contributed by atoms with Gasteiger partial charge in [-0.3, -0.25) is 0 Å². The van der Waals surface area contributed by atoms with Gasteiger partial charge in [0.05, 0.1) is 0 Å². The first-order chi connectivity index (χ1) is 11.5. The van der Waals surface area contributed by atoms with Crippen LogP contribution < -0.4 is 4.74 Å². The van der Waals surface area contributed by atoms with Crippen molar-refractivity contribution in [2.75, 3.05) is 0 Å². The van der Waals surface area contributed by atoms with Crippen LogP contribution >= 0.6 is 0 Å². The minimum absolute atomic E-state index is 0.0652. The molecule has 0 unspecified atom stereocenters. The Morgan fingerprint density at radius 3 is 2.29 bits per heavy atom. The second-order valence-corrected chi connectivity index (χ2v) is 5.55. The Labute approximate surface area is 141 Å². The fourth-order valence-corrected chi connectivity index (χ4v) is 2.61. The number of aryl methyl sites for hydroxylation is 2. The van der Waals surface area contributed by atoms with Crippen molar-refractivity contribution in [1.29, 1.82) is 10.5 Å². The molecule has 2 rings (SSSR count). The van der Waals surface area contributed by atoms with Crippen LogP contribution in [0, 0.1) is 49.3 Å². The van der Waals surface area contributed by atoms with E-state index in [0.717, 1.165) is 27.8 Å². The molecular weight excluding hydrogens is 303 g/mol. The molecule has 0 saturated carbocycles. The number of nitrogens with zero attached hydrogens (tertiary/aromatic N) is 2. The Balaban J connectivity index is 2.37. The van der Waals surface area contributed by atoms with Crippen molar-refractivity contribution in [2.45, 2.75) is 27.4 Å². The molecule has 0 aliphatic carbocycles. The SMILES string of the molecule is Cc1cc(C)c(COc2ccc(F)cc2)c(C)c1C=C(C#N)C#N. The summed E-state index contributed by atoms with van der Waals surface area (Å²) in [5.41, 5.74) is 4.95. The summed E-state index contributed by atoms with van der Waals surface area (Å²) in [6.45, 7) is 6.22. The molecule has 120 valence electrons. The lowest BCUT2D eigenvalue weighted by Crippen LogP contribution is -2.04. The predicted molar refractivity (Wildman–Crippen MR) is 90.6 cm³/mol. The molecule has 3 nitrogen and oxygen atoms in total. The maximum Gasteiger partial charge on any atom is 0.130 e. The summed E-state index contributed by atoms with van der Waals surface area (Å²) in [5, 5.41) is 17.9. The molecule has 2 aromatic rings. The molecule has 0 heterocycles. The largest absolute Gasteiger partial charge is 0.489 e. The fourth-order valence-electron chi connectivity index (χ4n) is 2.61. The maximum absolute atomic E-state index is 12.9. The van der Waals surface area contributed by atoms with Crippen molar-refractivity contribution in [3.63, 3.8) is 0 Å². The van der Waals surface area contributed by atoms with Crippen LogP contribution in [0.4, 0.5) is 4.39 Å². The van der Waals surface area contributed by atoms with E-state index in [1.807, 2.05) is 39.0 Å². The van der Waals surface area contributed by atoms with Crippen LogP contribution in [0.1, 0.15) is 27.8 Å². The third-order valence-electron chi connectivity index (χ3n) is 3.92. The van der Waals surface area contributed by atoms with E-state index in [9.17, 15) is 4.39 Å². The number of ether oxygens (including phenoxy) is 1. The van der Waals surface area contributed by atoms with Gasteiger partial charge < -0.3 is 4.74 Å². The van der Waals surface area contributed by atoms with Gasteiger partial charge in [-0.25, -0.2) is 4.39 Å². The number of hydrogen-bond acceptors (Lipinski definition) is 3. The number of allylic oxidation sites excluding steroid dienone is 1. The molecule has 0 N–H and O–H groups in total. The summed E-state index contributed by atoms with van der Waals surface area (Å²) in [5.74, 6) is 0.278. The summed E-state index contributed by atoms with van der Waals surface area (Å²) in [7, 11) is 0. The molecule has 4 heteroatoms. The predicted octanol–water partition coefficient (Wildman–Crippen LogP) is 4.76.